The summed E-state index contributed by atoms with van der Waals surface area (Å²) in [6, 6.07) is 4.75. The monoisotopic (exact) mass is 387 g/mol. The Bertz CT molecular complexity index is 810. The van der Waals surface area contributed by atoms with Crippen LogP contribution in [0.3, 0.4) is 0 Å². The van der Waals surface area contributed by atoms with Crippen molar-refractivity contribution in [1.82, 2.24) is 4.31 Å². The van der Waals surface area contributed by atoms with Crippen molar-refractivity contribution in [3.63, 3.8) is 0 Å². The summed E-state index contributed by atoms with van der Waals surface area (Å²) in [6.45, 7) is 8.45. The highest BCUT2D eigenvalue weighted by Gasteiger charge is 2.52. The summed E-state index contributed by atoms with van der Waals surface area (Å²) < 4.78 is 65.1. The summed E-state index contributed by atoms with van der Waals surface area (Å²) in [5, 5.41) is 0. The predicted octanol–water partition coefficient (Wildman–Crippen LogP) is 2.32. The topological polar surface area (TPSA) is 55.8 Å². The van der Waals surface area contributed by atoms with E-state index in [1.165, 1.54) is 6.07 Å². The zero-order valence-electron chi connectivity index (χ0n) is 15.7. The van der Waals surface area contributed by atoms with E-state index < -0.39 is 47.2 Å². The van der Waals surface area contributed by atoms with Crippen molar-refractivity contribution in [2.24, 2.45) is 0 Å². The third-order valence-electron chi connectivity index (χ3n) is 5.48. The molecule has 144 valence electrons. The Hall–Kier alpha value is -1.03. The van der Waals surface area contributed by atoms with Gasteiger partial charge in [-0.3, -0.25) is 0 Å². The molecule has 2 saturated heterocycles. The highest BCUT2D eigenvalue weighted by Crippen LogP contribution is 2.37. The first kappa shape index (κ1) is 19.7. The first-order valence-corrected chi connectivity index (χ1v) is 10.0. The fourth-order valence-electron chi connectivity index (χ4n) is 3.14. The number of benzene rings is 1. The van der Waals surface area contributed by atoms with E-state index >= 15 is 0 Å². The van der Waals surface area contributed by atoms with Crippen molar-refractivity contribution in [2.45, 2.75) is 63.1 Å². The Labute approximate surface area is 153 Å². The molecule has 0 atom stereocenters. The standard InChI is InChI=1S/C17H24BF2NO4S/c1-12-10-13(18-24-15(2,3)16(4,5)25-18)6-7-14(12)26(22,23)21-9-8-17(19,20)11-21/h6-7,10H,8-9,11H2,1-5H3. The van der Waals surface area contributed by atoms with Gasteiger partial charge in [-0.1, -0.05) is 12.1 Å². The lowest BCUT2D eigenvalue weighted by molar-refractivity contribution is 0.00578. The minimum Gasteiger partial charge on any atom is -0.399 e. The summed E-state index contributed by atoms with van der Waals surface area (Å²) in [5.74, 6) is -2.97. The second kappa shape index (κ2) is 5.99. The van der Waals surface area contributed by atoms with Crippen LogP contribution < -0.4 is 5.46 Å². The number of rotatable bonds is 3. The van der Waals surface area contributed by atoms with Gasteiger partial charge in [-0.15, -0.1) is 0 Å². The molecule has 0 aromatic heterocycles. The van der Waals surface area contributed by atoms with Crippen LogP contribution in [0.4, 0.5) is 8.78 Å². The van der Waals surface area contributed by atoms with Gasteiger partial charge < -0.3 is 9.31 Å². The normalized spacial score (nSPS) is 25.0. The molecule has 0 amide bonds. The summed E-state index contributed by atoms with van der Waals surface area (Å²) in [6.07, 6.45) is -0.447. The molecule has 5 nitrogen and oxygen atoms in total. The number of hydrogen-bond acceptors (Lipinski definition) is 4. The second-order valence-corrected chi connectivity index (χ2v) is 9.96. The van der Waals surface area contributed by atoms with Crippen molar-refractivity contribution in [1.29, 1.82) is 0 Å². The van der Waals surface area contributed by atoms with Crippen LogP contribution in [-0.4, -0.2) is 50.1 Å². The highest BCUT2D eigenvalue weighted by molar-refractivity contribution is 7.89. The van der Waals surface area contributed by atoms with E-state index in [0.29, 0.717) is 11.0 Å². The third-order valence-corrected chi connectivity index (χ3v) is 7.48. The number of hydrogen-bond donors (Lipinski definition) is 0. The van der Waals surface area contributed by atoms with Gasteiger partial charge in [0.15, 0.2) is 0 Å². The fourth-order valence-corrected chi connectivity index (χ4v) is 4.81. The first-order valence-electron chi connectivity index (χ1n) is 8.59. The van der Waals surface area contributed by atoms with Crippen LogP contribution in [0.1, 0.15) is 39.7 Å². The molecule has 1 aromatic carbocycles. The van der Waals surface area contributed by atoms with Gasteiger partial charge in [-0.05, 0) is 51.7 Å². The molecule has 3 rings (SSSR count). The van der Waals surface area contributed by atoms with E-state index in [1.807, 2.05) is 27.7 Å². The van der Waals surface area contributed by atoms with Gasteiger partial charge >= 0.3 is 7.12 Å². The molecule has 0 spiro atoms. The van der Waals surface area contributed by atoms with Gasteiger partial charge in [-0.25, -0.2) is 17.2 Å². The lowest BCUT2D eigenvalue weighted by Gasteiger charge is -2.32. The van der Waals surface area contributed by atoms with E-state index in [-0.39, 0.29) is 11.4 Å². The van der Waals surface area contributed by atoms with E-state index in [9.17, 15) is 17.2 Å². The smallest absolute Gasteiger partial charge is 0.399 e. The minimum absolute atomic E-state index is 0.0375. The van der Waals surface area contributed by atoms with Gasteiger partial charge in [0.1, 0.15) is 0 Å². The van der Waals surface area contributed by atoms with Gasteiger partial charge in [0.2, 0.25) is 10.0 Å². The maximum Gasteiger partial charge on any atom is 0.494 e. The molecule has 2 aliphatic rings. The van der Waals surface area contributed by atoms with Crippen molar-refractivity contribution >= 4 is 22.6 Å². The van der Waals surface area contributed by atoms with Gasteiger partial charge in [-0.2, -0.15) is 4.31 Å². The zero-order chi connectivity index (χ0) is 19.5. The Morgan fingerprint density at radius 1 is 1.12 bits per heavy atom. The molecule has 0 bridgehead atoms. The largest absolute Gasteiger partial charge is 0.494 e. The van der Waals surface area contributed by atoms with E-state index in [1.54, 1.807) is 19.1 Å². The molecule has 2 fully saturated rings. The maximum atomic E-state index is 13.4. The summed E-state index contributed by atoms with van der Waals surface area (Å²) in [7, 11) is -4.56. The maximum absolute atomic E-state index is 13.4. The molecule has 9 heteroatoms. The van der Waals surface area contributed by atoms with Crippen LogP contribution in [-0.2, 0) is 19.3 Å². The Morgan fingerprint density at radius 3 is 2.15 bits per heavy atom. The lowest BCUT2D eigenvalue weighted by Crippen LogP contribution is -2.41. The number of sulfonamides is 1. The fraction of sp³-hybridized carbons (Fsp3) is 0.647. The molecule has 0 unspecified atom stereocenters. The van der Waals surface area contributed by atoms with E-state index in [2.05, 4.69) is 0 Å². The van der Waals surface area contributed by atoms with Crippen molar-refractivity contribution < 1.29 is 26.5 Å². The molecule has 1 aromatic rings. The minimum atomic E-state index is -3.95. The quantitative estimate of drug-likeness (QED) is 0.748. The highest BCUT2D eigenvalue weighted by atomic mass is 32.2. The van der Waals surface area contributed by atoms with Gasteiger partial charge in [0.05, 0.1) is 22.6 Å². The van der Waals surface area contributed by atoms with Crippen LogP contribution in [0.5, 0.6) is 0 Å². The molecule has 26 heavy (non-hydrogen) atoms. The van der Waals surface area contributed by atoms with Crippen LogP contribution in [0.25, 0.3) is 0 Å². The summed E-state index contributed by atoms with van der Waals surface area (Å²) >= 11 is 0. The number of nitrogens with zero attached hydrogens (tertiary/aromatic N) is 1. The zero-order valence-corrected chi connectivity index (χ0v) is 16.5. The van der Waals surface area contributed by atoms with E-state index in [4.69, 9.17) is 9.31 Å². The molecule has 2 heterocycles. The summed E-state index contributed by atoms with van der Waals surface area (Å²) in [4.78, 5) is 0.0375. The van der Waals surface area contributed by atoms with Crippen LogP contribution >= 0.6 is 0 Å². The van der Waals surface area contributed by atoms with Crippen LogP contribution in [0.15, 0.2) is 23.1 Å². The summed E-state index contributed by atoms with van der Waals surface area (Å²) in [5.41, 5.74) is 0.175. The molecule has 0 radical (unpaired) electrons. The average Bonchev–Trinajstić information content (AvgIpc) is 2.95. The third kappa shape index (κ3) is 3.30. The van der Waals surface area contributed by atoms with Crippen LogP contribution in [0, 0.1) is 6.92 Å². The molecule has 0 aliphatic carbocycles. The Morgan fingerprint density at radius 2 is 1.69 bits per heavy atom. The molecular weight excluding hydrogens is 363 g/mol. The van der Waals surface area contributed by atoms with Crippen molar-refractivity contribution in [2.75, 3.05) is 13.1 Å². The van der Waals surface area contributed by atoms with Gasteiger partial charge in [0, 0.05) is 13.0 Å². The molecule has 2 aliphatic heterocycles. The molecule has 0 saturated carbocycles. The average molecular weight is 387 g/mol. The number of alkyl halides is 2. The van der Waals surface area contributed by atoms with Crippen molar-refractivity contribution in [3.8, 4) is 0 Å². The van der Waals surface area contributed by atoms with Crippen LogP contribution in [0.2, 0.25) is 0 Å². The SMILES string of the molecule is Cc1cc(B2OC(C)(C)C(C)(C)O2)ccc1S(=O)(=O)N1CCC(F)(F)C1. The number of aryl methyl sites for hydroxylation is 1. The first-order chi connectivity index (χ1) is 11.8. The second-order valence-electron chi connectivity index (χ2n) is 8.06. The Kier molecular flexibility index (Phi) is 4.54. The van der Waals surface area contributed by atoms with E-state index in [0.717, 1.165) is 4.31 Å². The predicted molar refractivity (Wildman–Crippen MR) is 95.2 cm³/mol. The number of halogens is 2. The molecule has 0 N–H and O–H groups in total. The Balaban J connectivity index is 1.87. The lowest BCUT2D eigenvalue weighted by atomic mass is 9.78. The van der Waals surface area contributed by atoms with Crippen molar-refractivity contribution in [3.05, 3.63) is 23.8 Å². The van der Waals surface area contributed by atoms with Gasteiger partial charge in [0.25, 0.3) is 5.92 Å². The molecular formula is C17H24BF2NO4S.